The van der Waals surface area contributed by atoms with Crippen LogP contribution < -0.4 is 25.4 Å². The number of pyridine rings is 1. The number of halogens is 1. The molecule has 3 heterocycles. The summed E-state index contributed by atoms with van der Waals surface area (Å²) in [6, 6.07) is 3.50. The average Bonchev–Trinajstić information content (AvgIpc) is 3.79. The summed E-state index contributed by atoms with van der Waals surface area (Å²) in [7, 11) is 1.52. The van der Waals surface area contributed by atoms with E-state index < -0.39 is 46.9 Å². The number of amides is 3. The number of carboxylic acid groups (broad SMARTS) is 1. The van der Waals surface area contributed by atoms with Gasteiger partial charge in [0.1, 0.15) is 45.9 Å². The fraction of sp³-hybridized carbons (Fsp3) is 0.600. The van der Waals surface area contributed by atoms with Crippen molar-refractivity contribution in [1.29, 1.82) is 0 Å². The molecule has 3 aromatic rings. The number of anilines is 1. The summed E-state index contributed by atoms with van der Waals surface area (Å²) in [5, 5.41) is 22.9. The maximum atomic E-state index is 14.7. The first kappa shape index (κ1) is 39.1. The number of thiazole rings is 1. The van der Waals surface area contributed by atoms with Gasteiger partial charge < -0.3 is 35.4 Å². The van der Waals surface area contributed by atoms with Gasteiger partial charge in [-0.05, 0) is 74.8 Å². The molecule has 4 fully saturated rings. The third-order valence-electron chi connectivity index (χ3n) is 11.7. The molecule has 0 radical (unpaired) electrons. The van der Waals surface area contributed by atoms with Gasteiger partial charge in [-0.25, -0.2) is 14.8 Å². The molecule has 0 spiro atoms. The summed E-state index contributed by atoms with van der Waals surface area (Å²) in [5.41, 5.74) is -0.528. The molecule has 13 nitrogen and oxygen atoms in total. The number of ether oxygens (including phenoxy) is 2. The summed E-state index contributed by atoms with van der Waals surface area (Å²) in [5.74, 6) is -0.521. The number of rotatable bonds is 13. The fourth-order valence-corrected chi connectivity index (χ4v) is 9.59. The van der Waals surface area contributed by atoms with Crippen LogP contribution in [0.4, 0.5) is 5.13 Å². The van der Waals surface area contributed by atoms with Crippen molar-refractivity contribution in [3.05, 3.63) is 28.6 Å². The van der Waals surface area contributed by atoms with Crippen molar-refractivity contribution in [2.75, 3.05) is 19.0 Å². The molecule has 8 atom stereocenters. The van der Waals surface area contributed by atoms with E-state index in [-0.39, 0.29) is 36.8 Å². The van der Waals surface area contributed by atoms with Crippen LogP contribution in [-0.2, 0) is 19.2 Å². The van der Waals surface area contributed by atoms with Gasteiger partial charge in [0.05, 0.1) is 24.9 Å². The van der Waals surface area contributed by atoms with Crippen LogP contribution in [0.15, 0.2) is 23.6 Å². The second-order valence-electron chi connectivity index (χ2n) is 17.1. The number of nitrogens with one attached hydrogen (secondary N) is 3. The number of carboxylic acids is 1. The van der Waals surface area contributed by atoms with Gasteiger partial charge >= 0.3 is 5.97 Å². The average molecular weight is 795 g/mol. The van der Waals surface area contributed by atoms with E-state index in [9.17, 15) is 24.3 Å². The fourth-order valence-electron chi connectivity index (χ4n) is 8.45. The monoisotopic (exact) mass is 794 g/mol. The maximum Gasteiger partial charge on any atom is 0.329 e. The highest BCUT2D eigenvalue weighted by Gasteiger charge is 2.61. The van der Waals surface area contributed by atoms with Crippen LogP contribution >= 0.6 is 22.9 Å². The molecule has 1 saturated heterocycles. The van der Waals surface area contributed by atoms with E-state index in [1.54, 1.807) is 18.2 Å². The Morgan fingerprint density at radius 3 is 2.40 bits per heavy atom. The van der Waals surface area contributed by atoms with E-state index >= 15 is 0 Å². The van der Waals surface area contributed by atoms with Crippen LogP contribution in [-0.4, -0.2) is 87.1 Å². The Balaban J connectivity index is 1.22. The smallest absolute Gasteiger partial charge is 0.329 e. The summed E-state index contributed by atoms with van der Waals surface area (Å²) < 4.78 is 12.2. The van der Waals surface area contributed by atoms with E-state index in [0.717, 1.165) is 18.0 Å². The van der Waals surface area contributed by atoms with Gasteiger partial charge in [0.25, 0.3) is 0 Å². The van der Waals surface area contributed by atoms with Crippen LogP contribution in [0.5, 0.6) is 11.5 Å². The van der Waals surface area contributed by atoms with E-state index in [1.165, 1.54) is 29.8 Å². The first-order chi connectivity index (χ1) is 26.0. The minimum atomic E-state index is -1.39. The second-order valence-corrected chi connectivity index (χ2v) is 18.3. The van der Waals surface area contributed by atoms with Gasteiger partial charge in [-0.2, -0.15) is 0 Å². The van der Waals surface area contributed by atoms with Crippen molar-refractivity contribution in [2.24, 2.45) is 29.1 Å². The van der Waals surface area contributed by atoms with Gasteiger partial charge in [-0.15, -0.1) is 11.3 Å². The predicted molar refractivity (Wildman–Crippen MR) is 210 cm³/mol. The van der Waals surface area contributed by atoms with Crippen molar-refractivity contribution in [3.63, 3.8) is 0 Å². The van der Waals surface area contributed by atoms with Gasteiger partial charge in [0, 0.05) is 35.2 Å². The van der Waals surface area contributed by atoms with Crippen molar-refractivity contribution in [1.82, 2.24) is 25.5 Å². The predicted octanol–water partition coefficient (Wildman–Crippen LogP) is 6.14. The molecule has 1 aromatic carbocycles. The van der Waals surface area contributed by atoms with Crippen molar-refractivity contribution < 1.29 is 33.8 Å². The number of aromatic nitrogens is 2. The number of benzene rings is 1. The molecule has 1 aliphatic heterocycles. The van der Waals surface area contributed by atoms with E-state index in [1.807, 2.05) is 46.9 Å². The van der Waals surface area contributed by atoms with Crippen LogP contribution in [0.2, 0.25) is 5.02 Å². The number of methoxy groups -OCH3 is 1. The molecule has 2 aromatic heterocycles. The van der Waals surface area contributed by atoms with E-state index in [0.29, 0.717) is 63.5 Å². The summed E-state index contributed by atoms with van der Waals surface area (Å²) in [6.45, 7) is 11.6. The lowest BCUT2D eigenvalue weighted by Crippen LogP contribution is -2.59. The zero-order valence-electron chi connectivity index (χ0n) is 32.4. The highest BCUT2D eigenvalue weighted by molar-refractivity contribution is 7.14. The molecule has 7 rings (SSSR count). The maximum absolute atomic E-state index is 14.7. The summed E-state index contributed by atoms with van der Waals surface area (Å²) in [4.78, 5) is 66.0. The van der Waals surface area contributed by atoms with E-state index in [4.69, 9.17) is 31.0 Å². The van der Waals surface area contributed by atoms with Crippen molar-refractivity contribution in [2.45, 2.75) is 110 Å². The van der Waals surface area contributed by atoms with Crippen molar-refractivity contribution in [3.8, 4) is 22.9 Å². The number of likely N-dealkylation sites (tertiary alicyclic amines) is 1. The Labute approximate surface area is 330 Å². The SMILES string of the molecule is CC[C@@H]1C[C@]1(NC(=O)C1CC(Oc2cc(-c3csc(NC(C)C)n3)nc3c(Cl)c(OC)ccc23)CN1C(=O)[C@@H](NC(=O)C1C[C@@H]2C[C@@H]2C1)C(C)(C)C)C(=O)O. The van der Waals surface area contributed by atoms with Gasteiger partial charge in [-0.1, -0.05) is 45.7 Å². The third-order valence-corrected chi connectivity index (χ3v) is 12.9. The molecule has 3 unspecified atom stereocenters. The molecule has 3 saturated carbocycles. The summed E-state index contributed by atoms with van der Waals surface area (Å²) >= 11 is 8.27. The Morgan fingerprint density at radius 2 is 1.78 bits per heavy atom. The largest absolute Gasteiger partial charge is 0.495 e. The Kier molecular flexibility index (Phi) is 10.5. The molecular formula is C40H51ClN6O7S. The van der Waals surface area contributed by atoms with Gasteiger partial charge in [-0.3, -0.25) is 14.4 Å². The number of fused-ring (bicyclic) bond motifs is 2. The lowest BCUT2D eigenvalue weighted by atomic mass is 9.85. The molecular weight excluding hydrogens is 744 g/mol. The lowest BCUT2D eigenvalue weighted by molar-refractivity contribution is -0.147. The first-order valence-corrected chi connectivity index (χ1v) is 20.5. The standard InChI is InChI=1S/C40H51ClN6O7S/c1-8-23-16-40(23,37(51)52)46-35(49)28-14-24(17-47(28)36(50)33(39(4,5)6)45-34(48)22-12-20-11-21(20)13-22)54-30-15-26(27-18-55-38(44-27)42-19(2)3)43-32-25(30)9-10-29(53-7)31(32)41/h9-10,15,18-24,28,33H,8,11-14,16-17H2,1-7H3,(H,42,44)(H,45,48)(H,46,49)(H,51,52)/t20-,21+,22?,23-,24?,28?,33-,40-/m1/s1. The molecule has 3 amide bonds. The Hall–Kier alpha value is -4.17. The zero-order chi connectivity index (χ0) is 39.6. The number of carbonyl (C=O) groups is 4. The third kappa shape index (κ3) is 7.68. The molecule has 3 aliphatic carbocycles. The Morgan fingerprint density at radius 1 is 1.05 bits per heavy atom. The lowest BCUT2D eigenvalue weighted by Gasteiger charge is -2.36. The molecule has 15 heteroatoms. The number of hydrogen-bond acceptors (Lipinski definition) is 10. The van der Waals surface area contributed by atoms with Crippen LogP contribution in [0, 0.1) is 29.1 Å². The second kappa shape index (κ2) is 14.7. The van der Waals surface area contributed by atoms with Gasteiger partial charge in [0.2, 0.25) is 17.7 Å². The molecule has 4 aliphatic rings. The molecule has 0 bridgehead atoms. The summed E-state index contributed by atoms with van der Waals surface area (Å²) in [6.07, 6.45) is 3.13. The van der Waals surface area contributed by atoms with Gasteiger partial charge in [0.15, 0.2) is 5.13 Å². The van der Waals surface area contributed by atoms with Crippen LogP contribution in [0.25, 0.3) is 22.3 Å². The van der Waals surface area contributed by atoms with E-state index in [2.05, 4.69) is 16.0 Å². The number of nitrogens with zero attached hydrogens (tertiary/aromatic N) is 3. The minimum Gasteiger partial charge on any atom is -0.495 e. The topological polar surface area (TPSA) is 172 Å². The number of aliphatic carboxylic acids is 1. The molecule has 55 heavy (non-hydrogen) atoms. The number of hydrogen-bond donors (Lipinski definition) is 4. The Bertz CT molecular complexity index is 2010. The molecule has 4 N–H and O–H groups in total. The zero-order valence-corrected chi connectivity index (χ0v) is 34.0. The highest BCUT2D eigenvalue weighted by atomic mass is 35.5. The van der Waals surface area contributed by atoms with Crippen molar-refractivity contribution >= 4 is 62.7 Å². The first-order valence-electron chi connectivity index (χ1n) is 19.3. The number of carbonyl (C=O) groups excluding carboxylic acids is 3. The highest BCUT2D eigenvalue weighted by Crippen LogP contribution is 2.54. The minimum absolute atomic E-state index is 0.0203. The quantitative estimate of drug-likeness (QED) is 0.158. The van der Waals surface area contributed by atoms with Crippen LogP contribution in [0.3, 0.4) is 0 Å². The normalized spacial score (nSPS) is 27.4. The molecule has 296 valence electrons. The van der Waals surface area contributed by atoms with Crippen LogP contribution in [0.1, 0.15) is 80.1 Å².